The van der Waals surface area contributed by atoms with E-state index >= 15 is 0 Å². The average molecular weight is 303 g/mol. The zero-order valence-corrected chi connectivity index (χ0v) is 12.4. The van der Waals surface area contributed by atoms with Gasteiger partial charge in [-0.05, 0) is 22.6 Å². The Hall–Kier alpha value is -2.55. The van der Waals surface area contributed by atoms with Gasteiger partial charge >= 0.3 is 0 Å². The first-order valence-corrected chi connectivity index (χ1v) is 6.96. The summed E-state index contributed by atoms with van der Waals surface area (Å²) in [5.74, 6) is 1.09. The highest BCUT2D eigenvalue weighted by Crippen LogP contribution is 2.22. The number of pyridine rings is 1. The standard InChI is InChI=1S/C13H17N7O2/c1-14-11-9(4-3-5-15-11)13(21)20-6-7-22-10(8-20)12-16-17-18-19(12)2/h3-5,10H,6-8H2,1-2H3,(H,14,15). The van der Waals surface area contributed by atoms with Crippen LogP contribution in [0.15, 0.2) is 18.3 Å². The molecule has 2 aromatic heterocycles. The second-order valence-electron chi connectivity index (χ2n) is 4.92. The Kier molecular flexibility index (Phi) is 3.96. The number of ether oxygens (including phenoxy) is 1. The molecule has 0 radical (unpaired) electrons. The lowest BCUT2D eigenvalue weighted by Gasteiger charge is -2.32. The van der Waals surface area contributed by atoms with Gasteiger partial charge in [-0.3, -0.25) is 4.79 Å². The monoisotopic (exact) mass is 303 g/mol. The predicted octanol–water partition coefficient (Wildman–Crippen LogP) is -0.140. The number of carbonyl (C=O) groups excluding carboxylic acids is 1. The number of aromatic nitrogens is 5. The molecule has 9 nitrogen and oxygen atoms in total. The Morgan fingerprint density at radius 3 is 3.09 bits per heavy atom. The Labute approximate surface area is 127 Å². The summed E-state index contributed by atoms with van der Waals surface area (Å²) in [6.45, 7) is 1.38. The molecule has 22 heavy (non-hydrogen) atoms. The van der Waals surface area contributed by atoms with Crippen molar-refractivity contribution in [2.75, 3.05) is 32.1 Å². The molecule has 0 aliphatic carbocycles. The van der Waals surface area contributed by atoms with E-state index in [4.69, 9.17) is 4.74 Å². The van der Waals surface area contributed by atoms with E-state index in [9.17, 15) is 4.79 Å². The van der Waals surface area contributed by atoms with Crippen LogP contribution in [0, 0.1) is 0 Å². The van der Waals surface area contributed by atoms with E-state index in [-0.39, 0.29) is 12.0 Å². The zero-order chi connectivity index (χ0) is 15.5. The van der Waals surface area contributed by atoms with Crippen molar-refractivity contribution in [1.29, 1.82) is 0 Å². The molecular formula is C13H17N7O2. The van der Waals surface area contributed by atoms with Crippen molar-refractivity contribution in [2.24, 2.45) is 7.05 Å². The first-order chi connectivity index (χ1) is 10.7. The summed E-state index contributed by atoms with van der Waals surface area (Å²) >= 11 is 0. The normalized spacial score (nSPS) is 18.3. The molecule has 1 saturated heterocycles. The van der Waals surface area contributed by atoms with Gasteiger partial charge in [0.2, 0.25) is 0 Å². The number of morpholine rings is 1. The summed E-state index contributed by atoms with van der Waals surface area (Å²) in [7, 11) is 3.49. The number of nitrogens with zero attached hydrogens (tertiary/aromatic N) is 6. The number of carbonyl (C=O) groups is 1. The molecule has 1 fully saturated rings. The van der Waals surface area contributed by atoms with Crippen molar-refractivity contribution >= 4 is 11.7 Å². The molecule has 2 aromatic rings. The van der Waals surface area contributed by atoms with Crippen molar-refractivity contribution in [3.05, 3.63) is 29.7 Å². The molecule has 116 valence electrons. The fourth-order valence-corrected chi connectivity index (χ4v) is 2.45. The van der Waals surface area contributed by atoms with E-state index in [1.165, 1.54) is 0 Å². The fraction of sp³-hybridized carbons (Fsp3) is 0.462. The lowest BCUT2D eigenvalue weighted by molar-refractivity contribution is -0.0284. The third kappa shape index (κ3) is 2.62. The van der Waals surface area contributed by atoms with Crippen LogP contribution in [0.4, 0.5) is 5.82 Å². The van der Waals surface area contributed by atoms with Gasteiger partial charge in [0.1, 0.15) is 11.9 Å². The second kappa shape index (κ2) is 6.06. The largest absolute Gasteiger partial charge is 0.372 e. The van der Waals surface area contributed by atoms with Crippen molar-refractivity contribution < 1.29 is 9.53 Å². The molecule has 9 heteroatoms. The third-order valence-corrected chi connectivity index (χ3v) is 3.57. The number of hydrogen-bond donors (Lipinski definition) is 1. The Morgan fingerprint density at radius 2 is 2.36 bits per heavy atom. The molecule has 1 amide bonds. The molecule has 3 rings (SSSR count). The molecule has 1 atom stereocenters. The minimum atomic E-state index is -0.326. The molecule has 0 bridgehead atoms. The van der Waals surface area contributed by atoms with Crippen LogP contribution in [0.2, 0.25) is 0 Å². The van der Waals surface area contributed by atoms with Gasteiger partial charge in [-0.2, -0.15) is 0 Å². The molecule has 1 N–H and O–H groups in total. The first kappa shape index (κ1) is 14.4. The van der Waals surface area contributed by atoms with E-state index in [1.54, 1.807) is 42.0 Å². The van der Waals surface area contributed by atoms with Gasteiger partial charge in [0.25, 0.3) is 5.91 Å². The molecule has 1 unspecified atom stereocenters. The molecule has 0 saturated carbocycles. The van der Waals surface area contributed by atoms with Crippen molar-refractivity contribution in [3.63, 3.8) is 0 Å². The molecule has 1 aliphatic heterocycles. The topological polar surface area (TPSA) is 98.1 Å². The van der Waals surface area contributed by atoms with Crippen molar-refractivity contribution in [1.82, 2.24) is 30.1 Å². The lowest BCUT2D eigenvalue weighted by Crippen LogP contribution is -2.43. The zero-order valence-electron chi connectivity index (χ0n) is 12.4. The quantitative estimate of drug-likeness (QED) is 0.842. The SMILES string of the molecule is CNc1ncccc1C(=O)N1CCOC(c2nnnn2C)C1. The van der Waals surface area contributed by atoms with Crippen molar-refractivity contribution in [3.8, 4) is 0 Å². The predicted molar refractivity (Wildman–Crippen MR) is 77.2 cm³/mol. The van der Waals surface area contributed by atoms with Crippen LogP contribution in [0.5, 0.6) is 0 Å². The van der Waals surface area contributed by atoms with E-state index in [2.05, 4.69) is 25.8 Å². The first-order valence-electron chi connectivity index (χ1n) is 6.96. The minimum Gasteiger partial charge on any atom is -0.372 e. The van der Waals surface area contributed by atoms with Gasteiger partial charge < -0.3 is 15.0 Å². The highest BCUT2D eigenvalue weighted by atomic mass is 16.5. The summed E-state index contributed by atoms with van der Waals surface area (Å²) in [6.07, 6.45) is 1.32. The van der Waals surface area contributed by atoms with Crippen LogP contribution < -0.4 is 5.32 Å². The van der Waals surface area contributed by atoms with E-state index in [0.717, 1.165) is 0 Å². The van der Waals surface area contributed by atoms with Gasteiger partial charge in [0.05, 0.1) is 18.7 Å². The van der Waals surface area contributed by atoms with E-state index in [1.807, 2.05) is 0 Å². The maximum absolute atomic E-state index is 12.7. The number of tetrazole rings is 1. The third-order valence-electron chi connectivity index (χ3n) is 3.57. The summed E-state index contributed by atoms with van der Waals surface area (Å²) < 4.78 is 7.24. The molecule has 3 heterocycles. The van der Waals surface area contributed by atoms with Gasteiger partial charge in [-0.15, -0.1) is 5.10 Å². The molecular weight excluding hydrogens is 286 g/mol. The van der Waals surface area contributed by atoms with Crippen LogP contribution in [-0.2, 0) is 11.8 Å². The molecule has 1 aliphatic rings. The van der Waals surface area contributed by atoms with Crippen LogP contribution >= 0.6 is 0 Å². The summed E-state index contributed by atoms with van der Waals surface area (Å²) in [6, 6.07) is 3.51. The number of aryl methyl sites for hydroxylation is 1. The Balaban J connectivity index is 1.80. The van der Waals surface area contributed by atoms with Crippen LogP contribution in [0.25, 0.3) is 0 Å². The van der Waals surface area contributed by atoms with Gasteiger partial charge in [0, 0.05) is 26.8 Å². The van der Waals surface area contributed by atoms with Gasteiger partial charge in [0.15, 0.2) is 5.82 Å². The maximum atomic E-state index is 12.7. The number of hydrogen-bond acceptors (Lipinski definition) is 7. The summed E-state index contributed by atoms with van der Waals surface area (Å²) in [5.41, 5.74) is 0.543. The number of rotatable bonds is 3. The maximum Gasteiger partial charge on any atom is 0.257 e. The Morgan fingerprint density at radius 1 is 1.50 bits per heavy atom. The van der Waals surface area contributed by atoms with Gasteiger partial charge in [-0.1, -0.05) is 0 Å². The smallest absolute Gasteiger partial charge is 0.257 e. The summed E-state index contributed by atoms with van der Waals surface area (Å²) in [5, 5.41) is 14.3. The minimum absolute atomic E-state index is 0.0825. The van der Waals surface area contributed by atoms with Gasteiger partial charge in [-0.25, -0.2) is 9.67 Å². The average Bonchev–Trinajstić information content (AvgIpc) is 3.00. The molecule has 0 spiro atoms. The van der Waals surface area contributed by atoms with E-state index in [0.29, 0.717) is 36.9 Å². The number of nitrogens with one attached hydrogen (secondary N) is 1. The Bertz CT molecular complexity index is 672. The highest BCUT2D eigenvalue weighted by Gasteiger charge is 2.30. The van der Waals surface area contributed by atoms with E-state index < -0.39 is 0 Å². The van der Waals surface area contributed by atoms with Crippen LogP contribution in [0.1, 0.15) is 22.3 Å². The number of anilines is 1. The van der Waals surface area contributed by atoms with Crippen LogP contribution in [-0.4, -0.2) is 62.7 Å². The van der Waals surface area contributed by atoms with Crippen LogP contribution in [0.3, 0.4) is 0 Å². The summed E-state index contributed by atoms with van der Waals surface area (Å²) in [4.78, 5) is 18.6. The number of amides is 1. The fourth-order valence-electron chi connectivity index (χ4n) is 2.45. The lowest BCUT2D eigenvalue weighted by atomic mass is 10.2. The highest BCUT2D eigenvalue weighted by molar-refractivity contribution is 5.98. The molecule has 0 aromatic carbocycles. The second-order valence-corrected chi connectivity index (χ2v) is 4.92. The van der Waals surface area contributed by atoms with Crippen molar-refractivity contribution in [2.45, 2.75) is 6.10 Å².